The molecular weight excluding hydrogens is 230 g/mol. The van der Waals surface area contributed by atoms with E-state index in [0.717, 1.165) is 12.2 Å². The number of oxazole rings is 1. The Morgan fingerprint density at radius 2 is 2.22 bits per heavy atom. The topological polar surface area (TPSA) is 67.2 Å². The number of amides is 1. The van der Waals surface area contributed by atoms with Crippen molar-refractivity contribution in [3.05, 3.63) is 17.8 Å². The maximum atomic E-state index is 11.7. The number of carbonyl (C=O) groups excluding carboxylic acids is 1. The van der Waals surface area contributed by atoms with E-state index in [2.05, 4.69) is 15.6 Å². The van der Waals surface area contributed by atoms with Crippen LogP contribution in [0.3, 0.4) is 0 Å². The standard InChI is InChI=1S/C13H23N3O2/c1-6-13(4,5)16-11(17)8-14-10(3)12-15-7-9(2)18-12/h7,10,14H,6,8H2,1-5H3,(H,16,17). The molecule has 0 aromatic carbocycles. The van der Waals surface area contributed by atoms with Crippen LogP contribution in [0.15, 0.2) is 10.6 Å². The lowest BCUT2D eigenvalue weighted by Gasteiger charge is -2.24. The molecule has 0 saturated heterocycles. The predicted molar refractivity (Wildman–Crippen MR) is 70.2 cm³/mol. The zero-order valence-electron chi connectivity index (χ0n) is 11.8. The van der Waals surface area contributed by atoms with Crippen LogP contribution in [-0.4, -0.2) is 23.0 Å². The SMILES string of the molecule is CCC(C)(C)NC(=O)CNC(C)c1ncc(C)o1. The highest BCUT2D eigenvalue weighted by Crippen LogP contribution is 2.11. The third kappa shape index (κ3) is 4.49. The first-order valence-electron chi connectivity index (χ1n) is 6.31. The van der Waals surface area contributed by atoms with Gasteiger partial charge in [0.15, 0.2) is 0 Å². The molecule has 18 heavy (non-hydrogen) atoms. The van der Waals surface area contributed by atoms with Gasteiger partial charge in [0.25, 0.3) is 0 Å². The molecule has 0 radical (unpaired) electrons. The number of aromatic nitrogens is 1. The summed E-state index contributed by atoms with van der Waals surface area (Å²) >= 11 is 0. The molecule has 0 saturated carbocycles. The van der Waals surface area contributed by atoms with Crippen LogP contribution < -0.4 is 10.6 Å². The maximum absolute atomic E-state index is 11.7. The smallest absolute Gasteiger partial charge is 0.234 e. The Morgan fingerprint density at radius 3 is 2.72 bits per heavy atom. The molecule has 0 aliphatic carbocycles. The summed E-state index contributed by atoms with van der Waals surface area (Å²) in [5, 5.41) is 6.06. The van der Waals surface area contributed by atoms with Gasteiger partial charge in [0.1, 0.15) is 5.76 Å². The average Bonchev–Trinajstić information content (AvgIpc) is 2.72. The van der Waals surface area contributed by atoms with Crippen molar-refractivity contribution in [2.24, 2.45) is 0 Å². The summed E-state index contributed by atoms with van der Waals surface area (Å²) < 4.78 is 5.39. The van der Waals surface area contributed by atoms with E-state index in [4.69, 9.17) is 4.42 Å². The van der Waals surface area contributed by atoms with E-state index >= 15 is 0 Å². The Bertz CT molecular complexity index is 399. The van der Waals surface area contributed by atoms with Crippen LogP contribution >= 0.6 is 0 Å². The molecule has 102 valence electrons. The van der Waals surface area contributed by atoms with Crippen LogP contribution in [0.2, 0.25) is 0 Å². The molecule has 1 atom stereocenters. The van der Waals surface area contributed by atoms with Crippen LogP contribution in [0, 0.1) is 6.92 Å². The minimum Gasteiger partial charge on any atom is -0.444 e. The molecule has 1 unspecified atom stereocenters. The number of hydrogen-bond donors (Lipinski definition) is 2. The normalized spacial score (nSPS) is 13.4. The van der Waals surface area contributed by atoms with Crippen molar-refractivity contribution in [1.29, 1.82) is 0 Å². The van der Waals surface area contributed by atoms with Crippen molar-refractivity contribution in [2.45, 2.75) is 52.6 Å². The number of nitrogens with one attached hydrogen (secondary N) is 2. The van der Waals surface area contributed by atoms with Gasteiger partial charge in [-0.05, 0) is 34.1 Å². The van der Waals surface area contributed by atoms with E-state index in [1.165, 1.54) is 0 Å². The van der Waals surface area contributed by atoms with Crippen molar-refractivity contribution < 1.29 is 9.21 Å². The highest BCUT2D eigenvalue weighted by Gasteiger charge is 2.18. The van der Waals surface area contributed by atoms with Crippen LogP contribution in [0.1, 0.15) is 51.8 Å². The van der Waals surface area contributed by atoms with Gasteiger partial charge < -0.3 is 9.73 Å². The highest BCUT2D eigenvalue weighted by atomic mass is 16.4. The Balaban J connectivity index is 2.39. The lowest BCUT2D eigenvalue weighted by atomic mass is 10.0. The van der Waals surface area contributed by atoms with Gasteiger partial charge in [-0.2, -0.15) is 0 Å². The van der Waals surface area contributed by atoms with Gasteiger partial charge in [-0.15, -0.1) is 0 Å². The van der Waals surface area contributed by atoms with E-state index in [1.54, 1.807) is 6.20 Å². The van der Waals surface area contributed by atoms with Crippen LogP contribution in [0.25, 0.3) is 0 Å². The van der Waals surface area contributed by atoms with Crippen molar-refractivity contribution in [3.63, 3.8) is 0 Å². The fourth-order valence-corrected chi connectivity index (χ4v) is 1.42. The van der Waals surface area contributed by atoms with Crippen LogP contribution in [-0.2, 0) is 4.79 Å². The highest BCUT2D eigenvalue weighted by molar-refractivity contribution is 5.78. The fraction of sp³-hybridized carbons (Fsp3) is 0.692. The molecule has 0 spiro atoms. The molecule has 0 aliphatic rings. The zero-order valence-corrected chi connectivity index (χ0v) is 11.8. The third-order valence-corrected chi connectivity index (χ3v) is 2.94. The summed E-state index contributed by atoms with van der Waals surface area (Å²) in [5.41, 5.74) is -0.165. The second kappa shape index (κ2) is 6.00. The maximum Gasteiger partial charge on any atom is 0.234 e. The lowest BCUT2D eigenvalue weighted by molar-refractivity contribution is -0.122. The first-order chi connectivity index (χ1) is 8.34. The van der Waals surface area contributed by atoms with E-state index < -0.39 is 0 Å². The molecule has 5 nitrogen and oxygen atoms in total. The molecule has 0 aliphatic heterocycles. The van der Waals surface area contributed by atoms with Gasteiger partial charge in [0.05, 0.1) is 18.8 Å². The molecule has 5 heteroatoms. The number of hydrogen-bond acceptors (Lipinski definition) is 4. The Hall–Kier alpha value is -1.36. The molecule has 1 heterocycles. The molecule has 1 amide bonds. The van der Waals surface area contributed by atoms with E-state index in [1.807, 2.05) is 34.6 Å². The molecule has 0 bridgehead atoms. The van der Waals surface area contributed by atoms with E-state index in [0.29, 0.717) is 5.89 Å². The number of nitrogens with zero attached hydrogens (tertiary/aromatic N) is 1. The molecule has 1 aromatic rings. The summed E-state index contributed by atoms with van der Waals surface area (Å²) in [7, 11) is 0. The third-order valence-electron chi connectivity index (χ3n) is 2.94. The monoisotopic (exact) mass is 253 g/mol. The zero-order chi connectivity index (χ0) is 13.8. The van der Waals surface area contributed by atoms with Crippen molar-refractivity contribution in [2.75, 3.05) is 6.54 Å². The molecule has 0 fully saturated rings. The predicted octanol–water partition coefficient (Wildman–Crippen LogP) is 1.94. The molecule has 2 N–H and O–H groups in total. The van der Waals surface area contributed by atoms with Crippen molar-refractivity contribution in [3.8, 4) is 0 Å². The average molecular weight is 253 g/mol. The molecule has 1 aromatic heterocycles. The second-order valence-corrected chi connectivity index (χ2v) is 5.20. The first-order valence-corrected chi connectivity index (χ1v) is 6.31. The van der Waals surface area contributed by atoms with Gasteiger partial charge in [0, 0.05) is 5.54 Å². The van der Waals surface area contributed by atoms with Gasteiger partial charge in [-0.25, -0.2) is 4.98 Å². The number of carbonyl (C=O) groups is 1. The number of rotatable bonds is 6. The van der Waals surface area contributed by atoms with Crippen LogP contribution in [0.4, 0.5) is 0 Å². The van der Waals surface area contributed by atoms with Crippen LogP contribution in [0.5, 0.6) is 0 Å². The van der Waals surface area contributed by atoms with Gasteiger partial charge in [-0.3, -0.25) is 10.1 Å². The number of aryl methyl sites for hydroxylation is 1. The Kier molecular flexibility index (Phi) is 4.90. The first kappa shape index (κ1) is 14.7. The van der Waals surface area contributed by atoms with Gasteiger partial charge in [-0.1, -0.05) is 6.92 Å². The molecular formula is C13H23N3O2. The summed E-state index contributed by atoms with van der Waals surface area (Å²) in [6, 6.07) is -0.0748. The van der Waals surface area contributed by atoms with E-state index in [9.17, 15) is 4.79 Å². The minimum absolute atomic E-state index is 0.0167. The summed E-state index contributed by atoms with van der Waals surface area (Å²) in [5.74, 6) is 1.36. The largest absolute Gasteiger partial charge is 0.444 e. The summed E-state index contributed by atoms with van der Waals surface area (Å²) in [6.07, 6.45) is 2.57. The quantitative estimate of drug-likeness (QED) is 0.813. The second-order valence-electron chi connectivity index (χ2n) is 5.20. The van der Waals surface area contributed by atoms with Gasteiger partial charge >= 0.3 is 0 Å². The Morgan fingerprint density at radius 1 is 1.56 bits per heavy atom. The van der Waals surface area contributed by atoms with Crippen molar-refractivity contribution in [1.82, 2.24) is 15.6 Å². The summed E-state index contributed by atoms with van der Waals surface area (Å²) in [6.45, 7) is 10.1. The summed E-state index contributed by atoms with van der Waals surface area (Å²) in [4.78, 5) is 15.9. The van der Waals surface area contributed by atoms with Gasteiger partial charge in [0.2, 0.25) is 11.8 Å². The van der Waals surface area contributed by atoms with Crippen molar-refractivity contribution >= 4 is 5.91 Å². The fourth-order valence-electron chi connectivity index (χ4n) is 1.42. The molecule has 1 rings (SSSR count). The minimum atomic E-state index is -0.165. The lowest BCUT2D eigenvalue weighted by Crippen LogP contribution is -2.46. The van der Waals surface area contributed by atoms with E-state index in [-0.39, 0.29) is 24.0 Å². The Labute approximate surface area is 108 Å².